The molecule has 1 atom stereocenters. The van der Waals surface area contributed by atoms with Crippen molar-refractivity contribution in [3.63, 3.8) is 0 Å². The Hall–Kier alpha value is -1.65. The number of hydrogen-bond acceptors (Lipinski definition) is 5. The number of methoxy groups -OCH3 is 1. The molecule has 1 unspecified atom stereocenters. The second-order valence-electron chi connectivity index (χ2n) is 4.79. The average molecular weight is 249 g/mol. The molecule has 0 aromatic carbocycles. The van der Waals surface area contributed by atoms with Gasteiger partial charge in [-0.05, 0) is 26.2 Å². The molecule has 5 heteroatoms. The van der Waals surface area contributed by atoms with Gasteiger partial charge in [0.25, 0.3) is 0 Å². The van der Waals surface area contributed by atoms with Gasteiger partial charge in [-0.1, -0.05) is 0 Å². The predicted octanol–water partition coefficient (Wildman–Crippen LogP) is 1.48. The number of carbonyl (C=O) groups excluding carboxylic acids is 1. The summed E-state index contributed by atoms with van der Waals surface area (Å²) in [4.78, 5) is 22.0. The minimum absolute atomic E-state index is 0.127. The van der Waals surface area contributed by atoms with E-state index in [0.29, 0.717) is 12.3 Å². The molecule has 0 radical (unpaired) electrons. The molecule has 0 amide bonds. The maximum absolute atomic E-state index is 11.3. The van der Waals surface area contributed by atoms with Gasteiger partial charge in [0.05, 0.1) is 13.5 Å². The molecule has 0 N–H and O–H groups in total. The zero-order valence-electron chi connectivity index (χ0n) is 11.1. The lowest BCUT2D eigenvalue weighted by molar-refractivity contribution is -0.141. The van der Waals surface area contributed by atoms with Gasteiger partial charge in [-0.15, -0.1) is 0 Å². The number of ether oxygens (including phenoxy) is 1. The summed E-state index contributed by atoms with van der Waals surface area (Å²) in [5.74, 6) is 1.24. The topological polar surface area (TPSA) is 55.3 Å². The Labute approximate surface area is 107 Å². The summed E-state index contributed by atoms with van der Waals surface area (Å²) in [6, 6.07) is 0. The fraction of sp³-hybridized carbons (Fsp3) is 0.615. The van der Waals surface area contributed by atoms with Crippen molar-refractivity contribution >= 4 is 11.8 Å². The quantitative estimate of drug-likeness (QED) is 0.759. The van der Waals surface area contributed by atoms with Crippen LogP contribution in [0.5, 0.6) is 0 Å². The molecule has 0 aliphatic carbocycles. The third kappa shape index (κ3) is 2.60. The van der Waals surface area contributed by atoms with Crippen LogP contribution in [-0.2, 0) is 9.53 Å². The number of nitrogens with zero attached hydrogens (tertiary/aromatic N) is 3. The van der Waals surface area contributed by atoms with E-state index in [9.17, 15) is 4.79 Å². The highest BCUT2D eigenvalue weighted by Gasteiger charge is 2.26. The second kappa shape index (κ2) is 5.33. The zero-order chi connectivity index (χ0) is 13.1. The number of hydrogen-bond donors (Lipinski definition) is 0. The fourth-order valence-electron chi connectivity index (χ4n) is 2.36. The summed E-state index contributed by atoms with van der Waals surface area (Å²) in [5.41, 5.74) is 2.13. The minimum Gasteiger partial charge on any atom is -0.469 e. The molecule has 2 rings (SSSR count). The highest BCUT2D eigenvalue weighted by atomic mass is 16.5. The third-order valence-electron chi connectivity index (χ3n) is 3.58. The van der Waals surface area contributed by atoms with Crippen molar-refractivity contribution in [1.29, 1.82) is 0 Å². The van der Waals surface area contributed by atoms with Crippen molar-refractivity contribution in [2.24, 2.45) is 5.92 Å². The molecule has 5 nitrogen and oxygen atoms in total. The summed E-state index contributed by atoms with van der Waals surface area (Å²) in [7, 11) is 1.44. The van der Waals surface area contributed by atoms with Crippen LogP contribution in [0.15, 0.2) is 6.33 Å². The highest BCUT2D eigenvalue weighted by molar-refractivity contribution is 5.69. The van der Waals surface area contributed by atoms with Gasteiger partial charge < -0.3 is 9.64 Å². The summed E-state index contributed by atoms with van der Waals surface area (Å²) in [6.45, 7) is 5.84. The Kier molecular flexibility index (Phi) is 3.79. The number of rotatable bonds is 3. The smallest absolute Gasteiger partial charge is 0.305 e. The average Bonchev–Trinajstić information content (AvgIpc) is 2.80. The molecule has 0 bridgehead atoms. The van der Waals surface area contributed by atoms with Gasteiger partial charge in [-0.2, -0.15) is 0 Å². The minimum atomic E-state index is -0.127. The van der Waals surface area contributed by atoms with Crippen LogP contribution in [0.1, 0.15) is 24.1 Å². The van der Waals surface area contributed by atoms with Crippen LogP contribution in [-0.4, -0.2) is 36.1 Å². The van der Waals surface area contributed by atoms with E-state index in [1.54, 1.807) is 6.33 Å². The molecule has 1 aliphatic heterocycles. The van der Waals surface area contributed by atoms with Crippen molar-refractivity contribution in [2.75, 3.05) is 25.1 Å². The third-order valence-corrected chi connectivity index (χ3v) is 3.58. The van der Waals surface area contributed by atoms with Crippen LogP contribution in [0.2, 0.25) is 0 Å². The first-order valence-corrected chi connectivity index (χ1v) is 6.21. The van der Waals surface area contributed by atoms with E-state index in [0.717, 1.165) is 36.6 Å². The first kappa shape index (κ1) is 12.8. The number of anilines is 1. The molecular weight excluding hydrogens is 230 g/mol. The number of aryl methyl sites for hydroxylation is 1. The normalized spacial score (nSPS) is 19.1. The molecule has 2 heterocycles. The number of aromatic nitrogens is 2. The van der Waals surface area contributed by atoms with Gasteiger partial charge in [-0.3, -0.25) is 4.79 Å². The SMILES string of the molecule is COC(=O)CC1CCN(c2ncnc(C)c2C)C1. The van der Waals surface area contributed by atoms with Crippen LogP contribution >= 0.6 is 0 Å². The van der Waals surface area contributed by atoms with Crippen molar-refractivity contribution in [3.8, 4) is 0 Å². The maximum atomic E-state index is 11.3. The zero-order valence-corrected chi connectivity index (χ0v) is 11.1. The van der Waals surface area contributed by atoms with Crippen molar-refractivity contribution in [2.45, 2.75) is 26.7 Å². The molecule has 18 heavy (non-hydrogen) atoms. The van der Waals surface area contributed by atoms with Gasteiger partial charge in [0.1, 0.15) is 12.1 Å². The molecule has 1 aromatic heterocycles. The molecule has 1 fully saturated rings. The first-order valence-electron chi connectivity index (χ1n) is 6.21. The summed E-state index contributed by atoms with van der Waals surface area (Å²) < 4.78 is 4.71. The van der Waals surface area contributed by atoms with E-state index >= 15 is 0 Å². The Morgan fingerprint density at radius 3 is 3.00 bits per heavy atom. The van der Waals surface area contributed by atoms with Crippen LogP contribution in [0, 0.1) is 19.8 Å². The molecule has 1 saturated heterocycles. The summed E-state index contributed by atoms with van der Waals surface area (Å²) >= 11 is 0. The summed E-state index contributed by atoms with van der Waals surface area (Å²) in [6.07, 6.45) is 3.11. The highest BCUT2D eigenvalue weighted by Crippen LogP contribution is 2.27. The lowest BCUT2D eigenvalue weighted by Crippen LogP contribution is -2.23. The predicted molar refractivity (Wildman–Crippen MR) is 68.5 cm³/mol. The van der Waals surface area contributed by atoms with Crippen LogP contribution in [0.25, 0.3) is 0 Å². The molecular formula is C13H19N3O2. The van der Waals surface area contributed by atoms with Gasteiger partial charge >= 0.3 is 5.97 Å². The molecule has 0 spiro atoms. The van der Waals surface area contributed by atoms with E-state index in [2.05, 4.69) is 14.9 Å². The maximum Gasteiger partial charge on any atom is 0.305 e. The van der Waals surface area contributed by atoms with Crippen molar-refractivity contribution < 1.29 is 9.53 Å². The first-order chi connectivity index (χ1) is 8.61. The standard InChI is InChI=1S/C13H19N3O2/c1-9-10(2)14-8-15-13(9)16-5-4-11(7-16)6-12(17)18-3/h8,11H,4-7H2,1-3H3. The largest absolute Gasteiger partial charge is 0.469 e. The number of esters is 1. The van der Waals surface area contributed by atoms with Crippen LogP contribution < -0.4 is 4.90 Å². The molecule has 1 aromatic rings. The van der Waals surface area contributed by atoms with E-state index in [4.69, 9.17) is 4.74 Å². The Bertz CT molecular complexity index is 448. The lowest BCUT2D eigenvalue weighted by atomic mass is 10.1. The fourth-order valence-corrected chi connectivity index (χ4v) is 2.36. The summed E-state index contributed by atoms with van der Waals surface area (Å²) in [5, 5.41) is 0. The van der Waals surface area contributed by atoms with E-state index in [1.165, 1.54) is 7.11 Å². The van der Waals surface area contributed by atoms with Crippen LogP contribution in [0.3, 0.4) is 0 Å². The van der Waals surface area contributed by atoms with E-state index in [-0.39, 0.29) is 5.97 Å². The molecule has 0 saturated carbocycles. The monoisotopic (exact) mass is 249 g/mol. The Morgan fingerprint density at radius 2 is 2.28 bits per heavy atom. The molecule has 98 valence electrons. The van der Waals surface area contributed by atoms with Crippen molar-refractivity contribution in [1.82, 2.24) is 9.97 Å². The van der Waals surface area contributed by atoms with Gasteiger partial charge in [0, 0.05) is 24.3 Å². The number of carbonyl (C=O) groups is 1. The van der Waals surface area contributed by atoms with Gasteiger partial charge in [0.2, 0.25) is 0 Å². The van der Waals surface area contributed by atoms with E-state index in [1.807, 2.05) is 13.8 Å². The Morgan fingerprint density at radius 1 is 1.50 bits per heavy atom. The molecule has 1 aliphatic rings. The Balaban J connectivity index is 2.04. The van der Waals surface area contributed by atoms with Gasteiger partial charge in [-0.25, -0.2) is 9.97 Å². The lowest BCUT2D eigenvalue weighted by Gasteiger charge is -2.19. The van der Waals surface area contributed by atoms with Crippen molar-refractivity contribution in [3.05, 3.63) is 17.6 Å². The van der Waals surface area contributed by atoms with Crippen LogP contribution in [0.4, 0.5) is 5.82 Å². The van der Waals surface area contributed by atoms with Gasteiger partial charge in [0.15, 0.2) is 0 Å². The van der Waals surface area contributed by atoms with E-state index < -0.39 is 0 Å². The second-order valence-corrected chi connectivity index (χ2v) is 4.79.